The highest BCUT2D eigenvalue weighted by Crippen LogP contribution is 2.19. The predicted octanol–water partition coefficient (Wildman–Crippen LogP) is 3.99. The van der Waals surface area contributed by atoms with E-state index in [1.165, 1.54) is 24.3 Å². The van der Waals surface area contributed by atoms with Crippen LogP contribution >= 0.6 is 0 Å². The first kappa shape index (κ1) is 21.8. The van der Waals surface area contributed by atoms with E-state index in [4.69, 9.17) is 4.74 Å². The highest BCUT2D eigenvalue weighted by Gasteiger charge is 2.28. The van der Waals surface area contributed by atoms with Crippen LogP contribution in [0.15, 0.2) is 48.5 Å². The maximum absolute atomic E-state index is 13.1. The van der Waals surface area contributed by atoms with E-state index in [0.29, 0.717) is 12.3 Å². The molecule has 0 aromatic heterocycles. The zero-order valence-electron chi connectivity index (χ0n) is 17.6. The van der Waals surface area contributed by atoms with E-state index in [1.807, 2.05) is 31.2 Å². The van der Waals surface area contributed by atoms with Gasteiger partial charge in [-0.1, -0.05) is 42.7 Å². The van der Waals surface area contributed by atoms with E-state index >= 15 is 0 Å². The number of nitrogens with one attached hydrogen (secondary N) is 1. The van der Waals surface area contributed by atoms with Crippen LogP contribution in [0, 0.1) is 12.7 Å². The molecular weight excluding hydrogens is 383 g/mol. The molecule has 1 aliphatic carbocycles. The monoisotopic (exact) mass is 412 g/mol. The zero-order valence-corrected chi connectivity index (χ0v) is 17.6. The number of nitrogens with zero attached hydrogens (tertiary/aromatic N) is 1. The van der Waals surface area contributed by atoms with E-state index in [1.54, 1.807) is 11.8 Å². The van der Waals surface area contributed by atoms with Gasteiger partial charge in [0.1, 0.15) is 17.6 Å². The number of benzene rings is 2. The maximum Gasteiger partial charge on any atom is 0.261 e. The summed E-state index contributed by atoms with van der Waals surface area (Å²) < 4.78 is 18.6. The molecule has 0 spiro atoms. The second-order valence-corrected chi connectivity index (χ2v) is 7.92. The van der Waals surface area contributed by atoms with Crippen LogP contribution in [0.4, 0.5) is 4.39 Å². The molecule has 6 heteroatoms. The Bertz CT molecular complexity index is 846. The molecule has 1 atom stereocenters. The van der Waals surface area contributed by atoms with Crippen molar-refractivity contribution < 1.29 is 18.7 Å². The number of carbonyl (C=O) groups is 2. The van der Waals surface area contributed by atoms with Crippen molar-refractivity contribution in [3.05, 3.63) is 65.5 Å². The van der Waals surface area contributed by atoms with Crippen molar-refractivity contribution in [1.82, 2.24) is 10.2 Å². The van der Waals surface area contributed by atoms with Gasteiger partial charge in [0.2, 0.25) is 5.91 Å². The number of halogens is 1. The minimum atomic E-state index is -0.628. The quantitative estimate of drug-likeness (QED) is 0.713. The van der Waals surface area contributed by atoms with Crippen LogP contribution in [-0.4, -0.2) is 35.4 Å². The molecule has 0 bridgehead atoms. The van der Waals surface area contributed by atoms with Crippen LogP contribution in [0.3, 0.4) is 0 Å². The normalized spacial score (nSPS) is 14.9. The number of hydrogen-bond acceptors (Lipinski definition) is 3. The van der Waals surface area contributed by atoms with Gasteiger partial charge < -0.3 is 15.0 Å². The first-order chi connectivity index (χ1) is 14.4. The summed E-state index contributed by atoms with van der Waals surface area (Å²) in [5.74, 6) is -0.409. The van der Waals surface area contributed by atoms with Crippen LogP contribution in [0.25, 0.3) is 0 Å². The highest BCUT2D eigenvalue weighted by molar-refractivity contribution is 5.88. The van der Waals surface area contributed by atoms with E-state index in [0.717, 1.165) is 36.8 Å². The molecule has 2 aromatic rings. The van der Waals surface area contributed by atoms with E-state index in [9.17, 15) is 14.0 Å². The first-order valence-corrected chi connectivity index (χ1v) is 10.5. The summed E-state index contributed by atoms with van der Waals surface area (Å²) in [4.78, 5) is 27.3. The van der Waals surface area contributed by atoms with Crippen LogP contribution in [0.1, 0.15) is 43.7 Å². The molecule has 1 N–H and O–H groups in total. The van der Waals surface area contributed by atoms with Gasteiger partial charge in [-0.25, -0.2) is 4.39 Å². The summed E-state index contributed by atoms with van der Waals surface area (Å²) in [6, 6.07) is 12.9. The van der Waals surface area contributed by atoms with Gasteiger partial charge >= 0.3 is 0 Å². The van der Waals surface area contributed by atoms with Crippen LogP contribution in [-0.2, 0) is 16.1 Å². The average Bonchev–Trinajstić information content (AvgIpc) is 3.25. The van der Waals surface area contributed by atoms with Crippen molar-refractivity contribution in [3.63, 3.8) is 0 Å². The van der Waals surface area contributed by atoms with Crippen molar-refractivity contribution in [2.24, 2.45) is 0 Å². The summed E-state index contributed by atoms with van der Waals surface area (Å²) in [7, 11) is 0. The highest BCUT2D eigenvalue weighted by atomic mass is 19.1. The first-order valence-electron chi connectivity index (χ1n) is 10.5. The third-order valence-corrected chi connectivity index (χ3v) is 5.52. The lowest BCUT2D eigenvalue weighted by Gasteiger charge is -2.29. The Labute approximate surface area is 177 Å². The average molecular weight is 413 g/mol. The smallest absolute Gasteiger partial charge is 0.261 e. The fourth-order valence-corrected chi connectivity index (χ4v) is 3.62. The van der Waals surface area contributed by atoms with E-state index < -0.39 is 6.04 Å². The molecule has 1 unspecified atom stereocenters. The van der Waals surface area contributed by atoms with Crippen LogP contribution in [0.2, 0.25) is 0 Å². The van der Waals surface area contributed by atoms with Crippen LogP contribution < -0.4 is 10.1 Å². The minimum Gasteiger partial charge on any atom is -0.484 e. The lowest BCUT2D eigenvalue weighted by molar-refractivity contribution is -0.142. The number of aryl methyl sites for hydroxylation is 1. The summed E-state index contributed by atoms with van der Waals surface area (Å²) in [5.41, 5.74) is 2.07. The van der Waals surface area contributed by atoms with Gasteiger partial charge in [0.15, 0.2) is 6.61 Å². The van der Waals surface area contributed by atoms with Crippen molar-refractivity contribution in [1.29, 1.82) is 0 Å². The standard InChI is InChI=1S/C24H29FN2O3/c1-17-7-9-19(10-8-17)15-27(18(2)24(29)26-21-5-3-4-6-21)23(28)16-30-22-13-11-20(25)12-14-22/h7-14,18,21H,3-6,15-16H2,1-2H3,(H,26,29). The molecule has 1 fully saturated rings. The van der Waals surface area contributed by atoms with Crippen molar-refractivity contribution in [2.45, 2.75) is 58.2 Å². The summed E-state index contributed by atoms with van der Waals surface area (Å²) in [5, 5.41) is 3.07. The number of carbonyl (C=O) groups excluding carboxylic acids is 2. The Kier molecular flexibility index (Phi) is 7.44. The summed E-state index contributed by atoms with van der Waals surface area (Å²) in [6.07, 6.45) is 4.21. The predicted molar refractivity (Wildman–Crippen MR) is 113 cm³/mol. The molecular formula is C24H29FN2O3. The lowest BCUT2D eigenvalue weighted by Crippen LogP contribution is -2.50. The minimum absolute atomic E-state index is 0.149. The largest absolute Gasteiger partial charge is 0.484 e. The third kappa shape index (κ3) is 6.05. The second-order valence-electron chi connectivity index (χ2n) is 7.92. The fourth-order valence-electron chi connectivity index (χ4n) is 3.62. The summed E-state index contributed by atoms with van der Waals surface area (Å²) >= 11 is 0. The van der Waals surface area contributed by atoms with Crippen molar-refractivity contribution >= 4 is 11.8 Å². The number of amides is 2. The van der Waals surface area contributed by atoms with E-state index in [-0.39, 0.29) is 30.3 Å². The van der Waals surface area contributed by atoms with Gasteiger partial charge in [-0.2, -0.15) is 0 Å². The van der Waals surface area contributed by atoms with Crippen molar-refractivity contribution in [3.8, 4) is 5.75 Å². The van der Waals surface area contributed by atoms with Gasteiger partial charge in [-0.05, 0) is 56.5 Å². The maximum atomic E-state index is 13.1. The Hall–Kier alpha value is -2.89. The Morgan fingerprint density at radius 3 is 2.37 bits per heavy atom. The molecule has 2 aromatic carbocycles. The molecule has 1 saturated carbocycles. The molecule has 30 heavy (non-hydrogen) atoms. The van der Waals surface area contributed by atoms with Gasteiger partial charge in [-0.15, -0.1) is 0 Å². The van der Waals surface area contributed by atoms with Crippen LogP contribution in [0.5, 0.6) is 5.75 Å². The third-order valence-electron chi connectivity index (χ3n) is 5.52. The molecule has 5 nitrogen and oxygen atoms in total. The molecule has 2 amide bonds. The number of rotatable bonds is 8. The van der Waals surface area contributed by atoms with E-state index in [2.05, 4.69) is 5.32 Å². The van der Waals surface area contributed by atoms with Gasteiger partial charge in [0.25, 0.3) is 5.91 Å². The Balaban J connectivity index is 1.69. The van der Waals surface area contributed by atoms with Gasteiger partial charge in [0.05, 0.1) is 0 Å². The SMILES string of the molecule is Cc1ccc(CN(C(=O)COc2ccc(F)cc2)C(C)C(=O)NC2CCCC2)cc1. The number of ether oxygens (including phenoxy) is 1. The summed E-state index contributed by atoms with van der Waals surface area (Å²) in [6.45, 7) is 3.83. The zero-order chi connectivity index (χ0) is 21.5. The molecule has 3 rings (SSSR count). The second kappa shape index (κ2) is 10.2. The lowest BCUT2D eigenvalue weighted by atomic mass is 10.1. The molecule has 1 aliphatic rings. The molecule has 0 saturated heterocycles. The fraction of sp³-hybridized carbons (Fsp3) is 0.417. The Morgan fingerprint density at radius 2 is 1.73 bits per heavy atom. The van der Waals surface area contributed by atoms with Gasteiger partial charge in [-0.3, -0.25) is 9.59 Å². The molecule has 160 valence electrons. The molecule has 0 aliphatic heterocycles. The molecule has 0 radical (unpaired) electrons. The number of hydrogen-bond donors (Lipinski definition) is 1. The topological polar surface area (TPSA) is 58.6 Å². The van der Waals surface area contributed by atoms with Crippen molar-refractivity contribution in [2.75, 3.05) is 6.61 Å². The van der Waals surface area contributed by atoms with Gasteiger partial charge in [0, 0.05) is 12.6 Å². The molecule has 0 heterocycles. The Morgan fingerprint density at radius 1 is 1.10 bits per heavy atom.